The summed E-state index contributed by atoms with van der Waals surface area (Å²) in [6.45, 7) is 8.02. The maximum atomic E-state index is 11.9. The smallest absolute Gasteiger partial charge is 0.333 e. The molecule has 0 bridgehead atoms. The molecule has 0 fully saturated rings. The number of hydrogen-bond donors (Lipinski definition) is 2. The molecule has 1 aliphatic rings. The summed E-state index contributed by atoms with van der Waals surface area (Å²) in [5.41, 5.74) is -0.925. The Morgan fingerprint density at radius 2 is 1.64 bits per heavy atom. The van der Waals surface area contributed by atoms with Crippen molar-refractivity contribution in [3.63, 3.8) is 0 Å². The van der Waals surface area contributed by atoms with Gasteiger partial charge in [0.05, 0.1) is 23.7 Å². The number of ether oxygens (including phenoxy) is 1. The zero-order valence-electron chi connectivity index (χ0n) is 14.0. The topological polar surface area (TPSA) is 83.8 Å². The van der Waals surface area contributed by atoms with Crippen LogP contribution >= 0.6 is 0 Å². The van der Waals surface area contributed by atoms with Gasteiger partial charge in [0.15, 0.2) is 0 Å². The SMILES string of the molecule is COC1=CCC(C(=O)O)=C(C(=O)O)C1(CC(C)C)CC(C)C. The molecule has 0 atom stereocenters. The number of carboxylic acid groups (broad SMARTS) is 2. The van der Waals surface area contributed by atoms with Crippen LogP contribution in [0.1, 0.15) is 47.0 Å². The Balaban J connectivity index is 3.63. The average Bonchev–Trinajstić information content (AvgIpc) is 2.35. The van der Waals surface area contributed by atoms with Gasteiger partial charge in [-0.25, -0.2) is 9.59 Å². The van der Waals surface area contributed by atoms with Crippen LogP contribution in [0, 0.1) is 17.3 Å². The van der Waals surface area contributed by atoms with Crippen LogP contribution < -0.4 is 0 Å². The monoisotopic (exact) mass is 310 g/mol. The van der Waals surface area contributed by atoms with Crippen molar-refractivity contribution in [2.45, 2.75) is 47.0 Å². The molecule has 2 N–H and O–H groups in total. The Hall–Kier alpha value is -1.78. The second-order valence-electron chi connectivity index (χ2n) is 6.72. The van der Waals surface area contributed by atoms with Crippen LogP contribution in [-0.4, -0.2) is 29.3 Å². The largest absolute Gasteiger partial charge is 0.500 e. The molecule has 0 saturated carbocycles. The molecule has 0 spiro atoms. The van der Waals surface area contributed by atoms with E-state index in [0.717, 1.165) is 0 Å². The lowest BCUT2D eigenvalue weighted by atomic mass is 9.64. The van der Waals surface area contributed by atoms with Crippen LogP contribution in [0.2, 0.25) is 0 Å². The predicted molar refractivity (Wildman–Crippen MR) is 83.3 cm³/mol. The highest BCUT2D eigenvalue weighted by Gasteiger charge is 2.48. The lowest BCUT2D eigenvalue weighted by molar-refractivity contribution is -0.137. The molecule has 0 aromatic carbocycles. The quantitative estimate of drug-likeness (QED) is 0.752. The standard InChI is InChI=1S/C17H26O5/c1-10(2)8-17(9-11(3)4)13(22-5)7-6-12(15(18)19)14(17)16(20)21/h7,10-11H,6,8-9H2,1-5H3,(H,18,19)(H,20,21). The van der Waals surface area contributed by atoms with Gasteiger partial charge in [-0.2, -0.15) is 0 Å². The summed E-state index contributed by atoms with van der Waals surface area (Å²) in [6, 6.07) is 0. The molecule has 5 nitrogen and oxygen atoms in total. The van der Waals surface area contributed by atoms with Crippen molar-refractivity contribution < 1.29 is 24.5 Å². The number of hydrogen-bond acceptors (Lipinski definition) is 3. The maximum Gasteiger partial charge on any atom is 0.333 e. The molecule has 22 heavy (non-hydrogen) atoms. The lowest BCUT2D eigenvalue weighted by Crippen LogP contribution is -2.38. The van der Waals surface area contributed by atoms with Crippen LogP contribution in [-0.2, 0) is 14.3 Å². The first kappa shape index (κ1) is 18.3. The number of carbonyl (C=O) groups is 2. The van der Waals surface area contributed by atoms with E-state index in [0.29, 0.717) is 18.6 Å². The summed E-state index contributed by atoms with van der Waals surface area (Å²) in [7, 11) is 1.52. The minimum atomic E-state index is -1.17. The summed E-state index contributed by atoms with van der Waals surface area (Å²) in [4.78, 5) is 23.4. The Morgan fingerprint density at radius 1 is 1.14 bits per heavy atom. The molecule has 1 aliphatic carbocycles. The van der Waals surface area contributed by atoms with E-state index < -0.39 is 17.4 Å². The second kappa shape index (κ2) is 6.99. The Morgan fingerprint density at radius 3 is 1.95 bits per heavy atom. The van der Waals surface area contributed by atoms with Crippen LogP contribution in [0.15, 0.2) is 23.0 Å². The molecule has 0 heterocycles. The Labute approximate surface area is 131 Å². The van der Waals surface area contributed by atoms with Gasteiger partial charge in [-0.05, 0) is 30.8 Å². The molecular weight excluding hydrogens is 284 g/mol. The summed E-state index contributed by atoms with van der Waals surface area (Å²) in [6.07, 6.45) is 2.89. The van der Waals surface area contributed by atoms with Crippen molar-refractivity contribution in [3.8, 4) is 0 Å². The van der Waals surface area contributed by atoms with E-state index in [2.05, 4.69) is 0 Å². The van der Waals surface area contributed by atoms with Gasteiger partial charge in [-0.1, -0.05) is 27.7 Å². The van der Waals surface area contributed by atoms with Crippen molar-refractivity contribution in [1.82, 2.24) is 0 Å². The van der Waals surface area contributed by atoms with E-state index >= 15 is 0 Å². The first-order chi connectivity index (χ1) is 10.2. The maximum absolute atomic E-state index is 11.9. The van der Waals surface area contributed by atoms with Crippen LogP contribution in [0.4, 0.5) is 0 Å². The van der Waals surface area contributed by atoms with E-state index in [9.17, 15) is 19.8 Å². The summed E-state index contributed by atoms with van der Waals surface area (Å²) in [5, 5.41) is 19.2. The fourth-order valence-electron chi connectivity index (χ4n) is 3.59. The van der Waals surface area contributed by atoms with Gasteiger partial charge < -0.3 is 14.9 Å². The molecule has 0 aliphatic heterocycles. The summed E-state index contributed by atoms with van der Waals surface area (Å²) in [5.74, 6) is -1.33. The molecule has 0 saturated heterocycles. The molecule has 0 radical (unpaired) electrons. The van der Waals surface area contributed by atoms with Crippen molar-refractivity contribution >= 4 is 11.9 Å². The molecule has 124 valence electrons. The minimum absolute atomic E-state index is 0.0123. The number of carboxylic acids is 2. The average molecular weight is 310 g/mol. The number of aliphatic carboxylic acids is 2. The number of methoxy groups -OCH3 is 1. The summed E-state index contributed by atoms with van der Waals surface area (Å²) >= 11 is 0. The normalized spacial score (nSPS) is 17.7. The van der Waals surface area contributed by atoms with E-state index in [1.807, 2.05) is 27.7 Å². The van der Waals surface area contributed by atoms with Gasteiger partial charge in [0.1, 0.15) is 5.76 Å². The minimum Gasteiger partial charge on any atom is -0.500 e. The molecule has 1 rings (SSSR count). The van der Waals surface area contributed by atoms with Gasteiger partial charge in [0.25, 0.3) is 0 Å². The van der Waals surface area contributed by atoms with Crippen LogP contribution in [0.25, 0.3) is 0 Å². The molecule has 5 heteroatoms. The van der Waals surface area contributed by atoms with Gasteiger partial charge in [0.2, 0.25) is 0 Å². The van der Waals surface area contributed by atoms with E-state index in [4.69, 9.17) is 4.74 Å². The zero-order chi connectivity index (χ0) is 17.1. The second-order valence-corrected chi connectivity index (χ2v) is 6.72. The van der Waals surface area contributed by atoms with Gasteiger partial charge in [0, 0.05) is 6.42 Å². The van der Waals surface area contributed by atoms with Crippen molar-refractivity contribution in [2.75, 3.05) is 7.11 Å². The molecular formula is C17H26O5. The molecule has 0 aromatic rings. The zero-order valence-corrected chi connectivity index (χ0v) is 14.0. The third-order valence-corrected chi connectivity index (χ3v) is 3.95. The first-order valence-electron chi connectivity index (χ1n) is 7.60. The molecule has 0 aromatic heterocycles. The third-order valence-electron chi connectivity index (χ3n) is 3.95. The third kappa shape index (κ3) is 3.51. The van der Waals surface area contributed by atoms with E-state index in [1.165, 1.54) is 7.11 Å². The Bertz CT molecular complexity index is 501. The lowest BCUT2D eigenvalue weighted by Gasteiger charge is -2.41. The highest BCUT2D eigenvalue weighted by atomic mass is 16.5. The first-order valence-corrected chi connectivity index (χ1v) is 7.60. The van der Waals surface area contributed by atoms with Crippen LogP contribution in [0.5, 0.6) is 0 Å². The highest BCUT2D eigenvalue weighted by molar-refractivity contribution is 6.01. The summed E-state index contributed by atoms with van der Waals surface area (Å²) < 4.78 is 5.49. The molecule has 0 unspecified atom stereocenters. The van der Waals surface area contributed by atoms with E-state index in [1.54, 1.807) is 6.08 Å². The van der Waals surface area contributed by atoms with Gasteiger partial charge in [-0.3, -0.25) is 0 Å². The van der Waals surface area contributed by atoms with Crippen LogP contribution in [0.3, 0.4) is 0 Å². The Kier molecular flexibility index (Phi) is 5.80. The fraction of sp³-hybridized carbons (Fsp3) is 0.647. The van der Waals surface area contributed by atoms with Gasteiger partial charge >= 0.3 is 11.9 Å². The van der Waals surface area contributed by atoms with Gasteiger partial charge in [-0.15, -0.1) is 0 Å². The predicted octanol–water partition coefficient (Wildman–Crippen LogP) is 3.46. The van der Waals surface area contributed by atoms with E-state index in [-0.39, 0.29) is 29.4 Å². The fourth-order valence-corrected chi connectivity index (χ4v) is 3.59. The van der Waals surface area contributed by atoms with Crippen molar-refractivity contribution in [2.24, 2.45) is 17.3 Å². The number of allylic oxidation sites excluding steroid dienone is 2. The van der Waals surface area contributed by atoms with Crippen molar-refractivity contribution in [3.05, 3.63) is 23.0 Å². The number of rotatable bonds is 7. The molecule has 0 amide bonds. The van der Waals surface area contributed by atoms with Crippen molar-refractivity contribution in [1.29, 1.82) is 0 Å². The highest BCUT2D eigenvalue weighted by Crippen LogP contribution is 2.51.